The van der Waals surface area contributed by atoms with Crippen LogP contribution in [0.3, 0.4) is 0 Å². The molecule has 0 bridgehead atoms. The van der Waals surface area contributed by atoms with E-state index in [-0.39, 0.29) is 136 Å². The zero-order chi connectivity index (χ0) is 75.4. The minimum atomic E-state index is -4.15. The second-order valence-electron chi connectivity index (χ2n) is 26.3. The highest BCUT2D eigenvalue weighted by molar-refractivity contribution is 6.57. The Balaban J connectivity index is 0. The van der Waals surface area contributed by atoms with Crippen LogP contribution in [0, 0.1) is 11.8 Å². The van der Waals surface area contributed by atoms with Gasteiger partial charge in [-0.25, -0.2) is 0 Å². The van der Waals surface area contributed by atoms with Gasteiger partial charge in [-0.2, -0.15) is 0 Å². The van der Waals surface area contributed by atoms with Crippen molar-refractivity contribution >= 4 is 35.2 Å². The summed E-state index contributed by atoms with van der Waals surface area (Å²) in [5.74, 6) is 1.01. The van der Waals surface area contributed by atoms with E-state index in [1.807, 2.05) is 9.80 Å². The fraction of sp³-hybridized carbons (Fsp3) is 1.00. The van der Waals surface area contributed by atoms with Crippen LogP contribution in [0.15, 0.2) is 0 Å². The summed E-state index contributed by atoms with van der Waals surface area (Å²) in [6.07, 6.45) is 5.12. The lowest BCUT2D eigenvalue weighted by Gasteiger charge is -2.31. The second-order valence-corrected chi connectivity index (χ2v) is 34.5. The Kier molecular flexibility index (Phi) is 66.6. The molecule has 604 valence electrons. The molecule has 0 aliphatic rings. The molecule has 0 heterocycles. The van der Waals surface area contributed by atoms with E-state index in [2.05, 4.69) is 58.8 Å². The maximum atomic E-state index is 10.9. The normalized spacial score (nSPS) is 15.2. The lowest BCUT2D eigenvalue weighted by Crippen LogP contribution is -2.47. The van der Waals surface area contributed by atoms with E-state index < -0.39 is 71.8 Å². The van der Waals surface area contributed by atoms with Crippen LogP contribution in [0.4, 0.5) is 0 Å². The Morgan fingerprint density at radius 1 is 0.300 bits per heavy atom. The van der Waals surface area contributed by atoms with Crippen molar-refractivity contribution in [1.29, 1.82) is 0 Å². The van der Waals surface area contributed by atoms with Crippen LogP contribution in [-0.4, -0.2) is 403 Å². The Labute approximate surface area is 602 Å². The zero-order valence-corrected chi connectivity index (χ0v) is 65.4. The van der Waals surface area contributed by atoms with Crippen LogP contribution in [-0.2, 0) is 28.4 Å². The van der Waals surface area contributed by atoms with E-state index in [0.29, 0.717) is 117 Å². The maximum absolute atomic E-state index is 10.9. The number of ether oxygens (including phenoxy) is 6. The molecular weight excluding hydrogens is 1380 g/mol. The summed E-state index contributed by atoms with van der Waals surface area (Å²) in [7, 11) is -16.5. The highest BCUT2D eigenvalue weighted by Gasteiger charge is 2.29. The van der Waals surface area contributed by atoms with Gasteiger partial charge in [0.15, 0.2) is 0 Å². The number of nitrogens with two attached hydrogens (primary N) is 2. The summed E-state index contributed by atoms with van der Waals surface area (Å²) >= 11 is 0. The monoisotopic (exact) mass is 1530 g/mol. The standard InChI is InChI=1S/2C31H73N5O12Si2/c1-3-5-8-28(4-2)24-48-27-29(37)21-35(14-9-32)15-12-33-10-11-34-13-16-36(22-30(38)25-46-17-6-19-49(40,41)42)23-31(39)26-47-18-7-20-50(43,44)45;1-3-5-8-28(4-2)24-48-27-29(37)21-35(14-13-34-12-11-33-10-9-32)15-16-36(22-30(38)25-46-17-6-19-49(40,41)42)23-31(39)26-47-18-7-20-50(43,44)45/h2*28-31,33-34,37-45H,3-27,32H2,1-2H3. The SMILES string of the molecule is CCCCC(CC)COCC(O)CN(CCN)CCNCCNCCN(CC(O)COCCC[Si](O)(O)O)CC(O)COCCC[Si](O)(O)O.CCCCC(CC)COCC(O)CN(CCNCCNCCN)CCN(CC(O)COCCC[Si](O)(O)O)CC(O)COCCC[Si](O)(O)O. The number of nitrogens with zero attached hydrogens (tertiary/aromatic N) is 4. The summed E-state index contributed by atoms with van der Waals surface area (Å²) in [6.45, 7) is 22.9. The fourth-order valence-electron chi connectivity index (χ4n) is 10.4. The van der Waals surface area contributed by atoms with Crippen molar-refractivity contribution in [2.75, 3.05) is 223 Å². The third kappa shape index (κ3) is 73.0. The number of aliphatic hydroxyl groups is 6. The van der Waals surface area contributed by atoms with Gasteiger partial charge in [0.1, 0.15) is 0 Å². The lowest BCUT2D eigenvalue weighted by molar-refractivity contribution is -0.0164. The summed E-state index contributed by atoms with van der Waals surface area (Å²) in [5, 5.41) is 77.2. The molecule has 0 fully saturated rings. The predicted octanol–water partition coefficient (Wildman–Crippen LogP) is -6.62. The van der Waals surface area contributed by atoms with Crippen molar-refractivity contribution in [3.8, 4) is 0 Å². The molecular formula is C62H146N10O24Si4. The smallest absolute Gasteiger partial charge is 0.390 e. The molecule has 26 N–H and O–H groups in total. The summed E-state index contributed by atoms with van der Waals surface area (Å²) < 4.78 is 33.5. The number of rotatable bonds is 74. The molecule has 8 atom stereocenters. The van der Waals surface area contributed by atoms with Gasteiger partial charge < -0.3 is 149 Å². The van der Waals surface area contributed by atoms with Crippen molar-refractivity contribution in [3.05, 3.63) is 0 Å². The third-order valence-corrected chi connectivity index (χ3v) is 20.0. The number of hydrogen-bond acceptors (Lipinski definition) is 34. The van der Waals surface area contributed by atoms with Gasteiger partial charge in [0.05, 0.1) is 76.3 Å². The molecule has 0 radical (unpaired) electrons. The van der Waals surface area contributed by atoms with Crippen LogP contribution < -0.4 is 32.7 Å². The number of aliphatic hydroxyl groups excluding tert-OH is 6. The molecule has 34 nitrogen and oxygen atoms in total. The second kappa shape index (κ2) is 65.6. The van der Waals surface area contributed by atoms with Crippen molar-refractivity contribution in [1.82, 2.24) is 40.9 Å². The molecule has 8 unspecified atom stereocenters. The molecule has 0 rings (SSSR count). The number of nitrogens with one attached hydrogen (secondary N) is 4. The molecule has 0 spiro atoms. The molecule has 0 amide bonds. The van der Waals surface area contributed by atoms with Crippen LogP contribution in [0.5, 0.6) is 0 Å². The summed E-state index contributed by atoms with van der Waals surface area (Å²) in [5.41, 5.74) is 11.3. The van der Waals surface area contributed by atoms with E-state index in [1.54, 1.807) is 0 Å². The van der Waals surface area contributed by atoms with E-state index >= 15 is 0 Å². The largest absolute Gasteiger partial charge is 0.492 e. The van der Waals surface area contributed by atoms with Crippen molar-refractivity contribution in [3.63, 3.8) is 0 Å². The van der Waals surface area contributed by atoms with Crippen LogP contribution >= 0.6 is 0 Å². The molecule has 0 aliphatic heterocycles. The lowest BCUT2D eigenvalue weighted by atomic mass is 10.0. The topological polar surface area (TPSA) is 533 Å². The number of unbranched alkanes of at least 4 members (excludes halogenated alkanes) is 2. The van der Waals surface area contributed by atoms with Gasteiger partial charge in [0.2, 0.25) is 0 Å². The van der Waals surface area contributed by atoms with Crippen LogP contribution in [0.2, 0.25) is 24.2 Å². The molecule has 38 heteroatoms. The average Bonchev–Trinajstić information content (AvgIpc) is 1.09. The number of hydrogen-bond donors (Lipinski definition) is 24. The van der Waals surface area contributed by atoms with Crippen LogP contribution in [0.1, 0.15) is 105 Å². The zero-order valence-electron chi connectivity index (χ0n) is 61.4. The molecule has 0 aromatic carbocycles. The first-order valence-electron chi connectivity index (χ1n) is 36.7. The van der Waals surface area contributed by atoms with Gasteiger partial charge in [0.25, 0.3) is 0 Å². The average molecular weight is 1530 g/mol. The first-order valence-corrected chi connectivity index (χ1v) is 44.9. The van der Waals surface area contributed by atoms with Gasteiger partial charge in [-0.15, -0.1) is 0 Å². The Hall–Kier alpha value is -0.492. The summed E-state index contributed by atoms with van der Waals surface area (Å²) in [4.78, 5) is 118. The van der Waals surface area contributed by atoms with Gasteiger partial charge in [-0.3, -0.25) is 19.6 Å². The van der Waals surface area contributed by atoms with Gasteiger partial charge >= 0.3 is 35.2 Å². The summed E-state index contributed by atoms with van der Waals surface area (Å²) in [6, 6.07) is -0.626. The van der Waals surface area contributed by atoms with Crippen LogP contribution in [0.25, 0.3) is 0 Å². The van der Waals surface area contributed by atoms with Crippen molar-refractivity contribution in [2.24, 2.45) is 23.3 Å². The van der Waals surface area contributed by atoms with E-state index in [0.717, 1.165) is 71.2 Å². The molecule has 0 aromatic rings. The predicted molar refractivity (Wildman–Crippen MR) is 390 cm³/mol. The first-order chi connectivity index (χ1) is 47.4. The highest BCUT2D eigenvalue weighted by atomic mass is 28.4. The molecule has 0 saturated carbocycles. The van der Waals surface area contributed by atoms with Gasteiger partial charge in [-0.05, 0) is 50.4 Å². The Morgan fingerprint density at radius 3 is 0.840 bits per heavy atom. The van der Waals surface area contributed by atoms with E-state index in [1.165, 1.54) is 12.8 Å². The molecule has 100 heavy (non-hydrogen) atoms. The van der Waals surface area contributed by atoms with Gasteiger partial charge in [-0.1, -0.05) is 66.2 Å². The third-order valence-electron chi connectivity index (χ3n) is 15.9. The fourth-order valence-corrected chi connectivity index (χ4v) is 12.9. The van der Waals surface area contributed by atoms with Crippen molar-refractivity contribution < 1.29 is 117 Å². The first kappa shape index (κ1) is 102. The van der Waals surface area contributed by atoms with Crippen molar-refractivity contribution in [2.45, 2.75) is 166 Å². The molecule has 0 saturated heterocycles. The van der Waals surface area contributed by atoms with Gasteiger partial charge in [0, 0.05) is 208 Å². The Bertz CT molecular complexity index is 1700. The molecule has 0 aliphatic carbocycles. The molecule has 0 aromatic heterocycles. The van der Waals surface area contributed by atoms with E-state index in [9.17, 15) is 30.6 Å². The maximum Gasteiger partial charge on any atom is 0.492 e. The highest BCUT2D eigenvalue weighted by Crippen LogP contribution is 2.15. The Morgan fingerprint density at radius 2 is 0.560 bits per heavy atom. The quantitative estimate of drug-likeness (QED) is 0.0199. The minimum absolute atomic E-state index is 0.00397. The minimum Gasteiger partial charge on any atom is -0.390 e. The van der Waals surface area contributed by atoms with E-state index in [4.69, 9.17) is 97.4 Å².